The summed E-state index contributed by atoms with van der Waals surface area (Å²) in [6, 6.07) is 11.0. The molecule has 0 spiro atoms. The number of fused-ring (bicyclic) bond motifs is 1. The van der Waals surface area contributed by atoms with Crippen molar-refractivity contribution in [3.8, 4) is 16.9 Å². The molecule has 0 atom stereocenters. The van der Waals surface area contributed by atoms with Gasteiger partial charge in [-0.25, -0.2) is 4.68 Å². The summed E-state index contributed by atoms with van der Waals surface area (Å²) in [5.41, 5.74) is 1.55. The Labute approximate surface area is 164 Å². The molecule has 0 aliphatic carbocycles. The van der Waals surface area contributed by atoms with Gasteiger partial charge < -0.3 is 5.32 Å². The normalized spacial score (nSPS) is 14.0. The minimum Gasteiger partial charge on any atom is -0.370 e. The van der Waals surface area contributed by atoms with E-state index in [9.17, 15) is 23.3 Å². The van der Waals surface area contributed by atoms with E-state index in [2.05, 4.69) is 10.4 Å². The van der Waals surface area contributed by atoms with Crippen molar-refractivity contribution < 1.29 is 18.1 Å². The van der Waals surface area contributed by atoms with Gasteiger partial charge in [0.15, 0.2) is 0 Å². The molecule has 1 aromatic heterocycles. The molecule has 6 nitrogen and oxygen atoms in total. The average Bonchev–Trinajstić information content (AvgIpc) is 2.88. The maximum absolute atomic E-state index is 13.2. The second kappa shape index (κ2) is 7.23. The molecule has 0 bridgehead atoms. The molecule has 0 fully saturated rings. The van der Waals surface area contributed by atoms with E-state index >= 15 is 0 Å². The van der Waals surface area contributed by atoms with E-state index in [1.165, 1.54) is 18.2 Å². The zero-order valence-corrected chi connectivity index (χ0v) is 15.2. The number of non-ortho nitro benzene ring substituents is 1. The van der Waals surface area contributed by atoms with Gasteiger partial charge in [-0.1, -0.05) is 12.1 Å². The average molecular weight is 402 g/mol. The lowest BCUT2D eigenvalue weighted by atomic mass is 10.0. The number of nitrogens with zero attached hydrogens (tertiary/aromatic N) is 3. The van der Waals surface area contributed by atoms with Gasteiger partial charge in [-0.2, -0.15) is 18.3 Å². The molecule has 1 aliphatic rings. The SMILES string of the molecule is O=[N+]([O-])c1ccc(-n2nc(-c3cccc(C(F)(F)F)c3)c3c2NCCCC3)cc1. The van der Waals surface area contributed by atoms with E-state index in [-0.39, 0.29) is 5.69 Å². The monoisotopic (exact) mass is 402 g/mol. The highest BCUT2D eigenvalue weighted by Gasteiger charge is 2.31. The molecule has 1 aliphatic heterocycles. The van der Waals surface area contributed by atoms with Gasteiger partial charge in [0.1, 0.15) is 5.82 Å². The molecule has 0 unspecified atom stereocenters. The third-order valence-electron chi connectivity index (χ3n) is 4.90. The third kappa shape index (κ3) is 3.67. The van der Waals surface area contributed by atoms with Crippen LogP contribution in [0.2, 0.25) is 0 Å². The van der Waals surface area contributed by atoms with Crippen LogP contribution in [0.5, 0.6) is 0 Å². The van der Waals surface area contributed by atoms with E-state index in [0.29, 0.717) is 35.7 Å². The summed E-state index contributed by atoms with van der Waals surface area (Å²) in [4.78, 5) is 10.4. The molecule has 2 aromatic carbocycles. The standard InChI is InChI=1S/C20H17F3N4O2/c21-20(22,23)14-5-3-4-13(12-14)18-17-6-1-2-11-24-19(17)26(25-18)15-7-9-16(10-8-15)27(28)29/h3-5,7-10,12,24H,1-2,6,11H2. The smallest absolute Gasteiger partial charge is 0.370 e. The van der Waals surface area contributed by atoms with E-state index in [0.717, 1.165) is 30.5 Å². The number of rotatable bonds is 3. The van der Waals surface area contributed by atoms with E-state index in [1.807, 2.05) is 0 Å². The molecule has 4 rings (SSSR count). The van der Waals surface area contributed by atoms with Gasteiger partial charge in [-0.15, -0.1) is 0 Å². The number of alkyl halides is 3. The highest BCUT2D eigenvalue weighted by atomic mass is 19.4. The molecular weight excluding hydrogens is 385 g/mol. The molecular formula is C20H17F3N4O2. The topological polar surface area (TPSA) is 73.0 Å². The fourth-order valence-corrected chi connectivity index (χ4v) is 3.48. The van der Waals surface area contributed by atoms with Gasteiger partial charge in [-0.05, 0) is 43.5 Å². The number of aromatic nitrogens is 2. The van der Waals surface area contributed by atoms with Crippen molar-refractivity contribution in [3.63, 3.8) is 0 Å². The van der Waals surface area contributed by atoms with Gasteiger partial charge in [0.2, 0.25) is 0 Å². The predicted molar refractivity (Wildman–Crippen MR) is 102 cm³/mol. The van der Waals surface area contributed by atoms with E-state index in [4.69, 9.17) is 0 Å². The summed E-state index contributed by atoms with van der Waals surface area (Å²) in [5, 5.41) is 18.8. The quantitative estimate of drug-likeness (QED) is 0.482. The lowest BCUT2D eigenvalue weighted by Crippen LogP contribution is -2.07. The number of hydrogen-bond donors (Lipinski definition) is 1. The van der Waals surface area contributed by atoms with Crippen LogP contribution in [-0.4, -0.2) is 21.2 Å². The maximum atomic E-state index is 13.2. The summed E-state index contributed by atoms with van der Waals surface area (Å²) in [5.74, 6) is 0.712. The summed E-state index contributed by atoms with van der Waals surface area (Å²) < 4.78 is 41.1. The number of nitro benzene ring substituents is 1. The van der Waals surface area contributed by atoms with Crippen LogP contribution in [0.25, 0.3) is 16.9 Å². The second-order valence-electron chi connectivity index (χ2n) is 6.82. The summed E-state index contributed by atoms with van der Waals surface area (Å²) in [6.45, 7) is 0.716. The fourth-order valence-electron chi connectivity index (χ4n) is 3.48. The third-order valence-corrected chi connectivity index (χ3v) is 4.90. The van der Waals surface area contributed by atoms with Crippen molar-refractivity contribution in [2.45, 2.75) is 25.4 Å². The van der Waals surface area contributed by atoms with Crippen LogP contribution in [0.1, 0.15) is 24.0 Å². The van der Waals surface area contributed by atoms with Gasteiger partial charge in [0, 0.05) is 29.8 Å². The van der Waals surface area contributed by atoms with Crippen LogP contribution in [0.15, 0.2) is 48.5 Å². The fraction of sp³-hybridized carbons (Fsp3) is 0.250. The molecule has 2 heterocycles. The zero-order valence-electron chi connectivity index (χ0n) is 15.2. The van der Waals surface area contributed by atoms with E-state index < -0.39 is 16.7 Å². The van der Waals surface area contributed by atoms with Crippen molar-refractivity contribution in [3.05, 3.63) is 69.8 Å². The first kappa shape index (κ1) is 19.0. The zero-order chi connectivity index (χ0) is 20.6. The van der Waals surface area contributed by atoms with Crippen LogP contribution in [-0.2, 0) is 12.6 Å². The van der Waals surface area contributed by atoms with Crippen molar-refractivity contribution >= 4 is 11.5 Å². The Bertz CT molecular complexity index is 1060. The predicted octanol–water partition coefficient (Wildman–Crippen LogP) is 5.21. The van der Waals surface area contributed by atoms with Gasteiger partial charge in [-0.3, -0.25) is 10.1 Å². The molecule has 1 N–H and O–H groups in total. The van der Waals surface area contributed by atoms with Crippen molar-refractivity contribution in [2.24, 2.45) is 0 Å². The van der Waals surface area contributed by atoms with Crippen LogP contribution in [0.3, 0.4) is 0 Å². The number of halogens is 3. The van der Waals surface area contributed by atoms with Gasteiger partial charge in [0.25, 0.3) is 5.69 Å². The first-order valence-corrected chi connectivity index (χ1v) is 9.13. The van der Waals surface area contributed by atoms with Gasteiger partial charge in [0.05, 0.1) is 21.9 Å². The Morgan fingerprint density at radius 2 is 1.86 bits per heavy atom. The minimum atomic E-state index is -4.44. The second-order valence-corrected chi connectivity index (χ2v) is 6.82. The number of anilines is 1. The summed E-state index contributed by atoms with van der Waals surface area (Å²) in [6.07, 6.45) is -1.94. The van der Waals surface area contributed by atoms with Crippen molar-refractivity contribution in [1.82, 2.24) is 9.78 Å². The maximum Gasteiger partial charge on any atom is 0.416 e. The molecule has 0 amide bonds. The van der Waals surface area contributed by atoms with Crippen LogP contribution >= 0.6 is 0 Å². The lowest BCUT2D eigenvalue weighted by Gasteiger charge is -2.09. The summed E-state index contributed by atoms with van der Waals surface area (Å²) in [7, 11) is 0. The lowest BCUT2D eigenvalue weighted by molar-refractivity contribution is -0.384. The number of nitro groups is 1. The first-order valence-electron chi connectivity index (χ1n) is 9.13. The number of hydrogen-bond acceptors (Lipinski definition) is 4. The van der Waals surface area contributed by atoms with Gasteiger partial charge >= 0.3 is 6.18 Å². The van der Waals surface area contributed by atoms with Crippen molar-refractivity contribution in [1.29, 1.82) is 0 Å². The van der Waals surface area contributed by atoms with Crippen LogP contribution in [0, 0.1) is 10.1 Å². The Hall–Kier alpha value is -3.36. The number of nitrogens with one attached hydrogen (secondary N) is 1. The first-order chi connectivity index (χ1) is 13.8. The molecule has 0 radical (unpaired) electrons. The molecule has 9 heteroatoms. The summed E-state index contributed by atoms with van der Waals surface area (Å²) >= 11 is 0. The van der Waals surface area contributed by atoms with Crippen LogP contribution < -0.4 is 5.32 Å². The Balaban J connectivity index is 1.85. The minimum absolute atomic E-state index is 0.0435. The molecule has 3 aromatic rings. The largest absolute Gasteiger partial charge is 0.416 e. The van der Waals surface area contributed by atoms with Crippen molar-refractivity contribution in [2.75, 3.05) is 11.9 Å². The highest BCUT2D eigenvalue weighted by Crippen LogP contribution is 2.37. The Morgan fingerprint density at radius 3 is 2.55 bits per heavy atom. The Kier molecular flexibility index (Phi) is 4.73. The van der Waals surface area contributed by atoms with Crippen LogP contribution in [0.4, 0.5) is 24.7 Å². The van der Waals surface area contributed by atoms with E-state index in [1.54, 1.807) is 22.9 Å². The molecule has 0 saturated heterocycles. The molecule has 0 saturated carbocycles. The number of benzene rings is 2. The Morgan fingerprint density at radius 1 is 1.10 bits per heavy atom. The highest BCUT2D eigenvalue weighted by molar-refractivity contribution is 5.72. The molecule has 150 valence electrons. The molecule has 29 heavy (non-hydrogen) atoms.